The number of nitro benzene ring substituents is 1. The smallest absolute Gasteiger partial charge is 0.363 e. The molecule has 0 fully saturated rings. The number of aliphatic imine (C=N–C) groups is 1. The standard InChI is InChI=1S/C27H23IN2O6/c1-4-34-24-13-18(11-21(28)25(24)35-15-20-8-6-5-7-16(20)2)12-22-27(31)36-26(29-22)19-10-9-17(3)23(14-19)30(32)33/h5-14H,4,15H2,1-3H3/b22-12-. The van der Waals surface area contributed by atoms with Crippen molar-refractivity contribution in [2.24, 2.45) is 4.99 Å². The van der Waals surface area contributed by atoms with Crippen LogP contribution in [0.1, 0.15) is 34.7 Å². The van der Waals surface area contributed by atoms with Gasteiger partial charge in [-0.1, -0.05) is 30.3 Å². The summed E-state index contributed by atoms with van der Waals surface area (Å²) in [6.07, 6.45) is 1.59. The van der Waals surface area contributed by atoms with Gasteiger partial charge >= 0.3 is 5.97 Å². The SMILES string of the molecule is CCOc1cc(/C=C2\N=C(c3ccc(C)c([N+](=O)[O-])c3)OC2=O)cc(I)c1OCc1ccccc1C. The number of hydrogen-bond donors (Lipinski definition) is 0. The molecule has 0 amide bonds. The van der Waals surface area contributed by atoms with Crippen molar-refractivity contribution >= 4 is 46.2 Å². The maximum Gasteiger partial charge on any atom is 0.363 e. The Bertz CT molecular complexity index is 1410. The van der Waals surface area contributed by atoms with E-state index in [9.17, 15) is 14.9 Å². The predicted molar refractivity (Wildman–Crippen MR) is 144 cm³/mol. The summed E-state index contributed by atoms with van der Waals surface area (Å²) in [5.74, 6) is 0.552. The van der Waals surface area contributed by atoms with Crippen molar-refractivity contribution in [1.82, 2.24) is 0 Å². The van der Waals surface area contributed by atoms with Gasteiger partial charge in [-0.05, 0) is 84.3 Å². The molecule has 0 aromatic heterocycles. The molecule has 0 spiro atoms. The molecule has 0 saturated carbocycles. The van der Waals surface area contributed by atoms with Gasteiger partial charge in [0, 0.05) is 17.2 Å². The lowest BCUT2D eigenvalue weighted by Crippen LogP contribution is -2.06. The van der Waals surface area contributed by atoms with Crippen LogP contribution in [0.3, 0.4) is 0 Å². The highest BCUT2D eigenvalue weighted by atomic mass is 127. The second kappa shape index (κ2) is 10.9. The van der Waals surface area contributed by atoms with Gasteiger partial charge in [-0.2, -0.15) is 0 Å². The van der Waals surface area contributed by atoms with Crippen LogP contribution in [0, 0.1) is 27.5 Å². The van der Waals surface area contributed by atoms with Gasteiger partial charge in [-0.3, -0.25) is 10.1 Å². The van der Waals surface area contributed by atoms with Crippen molar-refractivity contribution in [2.75, 3.05) is 6.61 Å². The third-order valence-corrected chi connectivity index (χ3v) is 6.34. The molecule has 36 heavy (non-hydrogen) atoms. The molecular weight excluding hydrogens is 575 g/mol. The number of ether oxygens (including phenoxy) is 3. The van der Waals surface area contributed by atoms with E-state index in [1.54, 1.807) is 31.2 Å². The van der Waals surface area contributed by atoms with Gasteiger partial charge in [0.05, 0.1) is 15.1 Å². The Balaban J connectivity index is 1.63. The molecule has 3 aromatic carbocycles. The number of carbonyl (C=O) groups is 1. The Morgan fingerprint density at radius 3 is 2.58 bits per heavy atom. The molecule has 0 bridgehead atoms. The Labute approximate surface area is 221 Å². The highest BCUT2D eigenvalue weighted by Crippen LogP contribution is 2.36. The van der Waals surface area contributed by atoms with Crippen LogP contribution in [0.2, 0.25) is 0 Å². The summed E-state index contributed by atoms with van der Waals surface area (Å²) in [4.78, 5) is 27.6. The van der Waals surface area contributed by atoms with E-state index >= 15 is 0 Å². The molecule has 4 rings (SSSR count). The molecule has 1 aliphatic rings. The number of carbonyl (C=O) groups excluding carboxylic acids is 1. The average Bonchev–Trinajstić information content (AvgIpc) is 3.20. The van der Waals surface area contributed by atoms with E-state index in [1.807, 2.05) is 44.2 Å². The van der Waals surface area contributed by atoms with E-state index in [1.165, 1.54) is 6.07 Å². The number of aryl methyl sites for hydroxylation is 2. The molecule has 184 valence electrons. The highest BCUT2D eigenvalue weighted by molar-refractivity contribution is 14.1. The van der Waals surface area contributed by atoms with Crippen molar-refractivity contribution in [3.8, 4) is 11.5 Å². The lowest BCUT2D eigenvalue weighted by atomic mass is 10.1. The second-order valence-corrected chi connectivity index (χ2v) is 9.23. The Hall–Kier alpha value is -3.73. The number of benzene rings is 3. The molecule has 0 radical (unpaired) electrons. The summed E-state index contributed by atoms with van der Waals surface area (Å²) in [6, 6.07) is 16.2. The van der Waals surface area contributed by atoms with E-state index in [0.29, 0.717) is 41.4 Å². The Kier molecular flexibility index (Phi) is 7.68. The Morgan fingerprint density at radius 1 is 1.08 bits per heavy atom. The van der Waals surface area contributed by atoms with E-state index in [4.69, 9.17) is 14.2 Å². The van der Waals surface area contributed by atoms with Crippen LogP contribution >= 0.6 is 22.6 Å². The first-order valence-electron chi connectivity index (χ1n) is 11.2. The molecule has 0 unspecified atom stereocenters. The minimum atomic E-state index is -0.638. The molecule has 9 heteroatoms. The van der Waals surface area contributed by atoms with Crippen molar-refractivity contribution in [1.29, 1.82) is 0 Å². The third kappa shape index (κ3) is 5.56. The fourth-order valence-electron chi connectivity index (χ4n) is 3.63. The van der Waals surface area contributed by atoms with Crippen molar-refractivity contribution in [2.45, 2.75) is 27.4 Å². The summed E-state index contributed by atoms with van der Waals surface area (Å²) in [5.41, 5.74) is 3.77. The van der Waals surface area contributed by atoms with Gasteiger partial charge in [0.2, 0.25) is 5.90 Å². The monoisotopic (exact) mass is 598 g/mol. The summed E-state index contributed by atoms with van der Waals surface area (Å²) >= 11 is 2.17. The second-order valence-electron chi connectivity index (χ2n) is 8.07. The summed E-state index contributed by atoms with van der Waals surface area (Å²) in [6.45, 7) is 6.39. The first-order chi connectivity index (χ1) is 17.3. The zero-order valence-electron chi connectivity index (χ0n) is 19.9. The minimum Gasteiger partial charge on any atom is -0.490 e. The molecule has 8 nitrogen and oxygen atoms in total. The largest absolute Gasteiger partial charge is 0.490 e. The molecular formula is C27H23IN2O6. The first-order valence-corrected chi connectivity index (χ1v) is 12.3. The van der Waals surface area contributed by atoms with E-state index in [2.05, 4.69) is 27.6 Å². The number of rotatable bonds is 8. The van der Waals surface area contributed by atoms with Gasteiger partial charge in [0.15, 0.2) is 17.2 Å². The number of cyclic esters (lactones) is 1. The first kappa shape index (κ1) is 25.4. The molecule has 3 aromatic rings. The van der Waals surface area contributed by atoms with Crippen molar-refractivity contribution in [3.05, 3.63) is 102 Å². The summed E-state index contributed by atoms with van der Waals surface area (Å²) in [5, 5.41) is 11.3. The molecule has 0 N–H and O–H groups in total. The predicted octanol–water partition coefficient (Wildman–Crippen LogP) is 6.14. The molecule has 0 atom stereocenters. The van der Waals surface area contributed by atoms with E-state index < -0.39 is 10.9 Å². The highest BCUT2D eigenvalue weighted by Gasteiger charge is 2.26. The lowest BCUT2D eigenvalue weighted by Gasteiger charge is -2.15. The number of nitrogens with zero attached hydrogens (tertiary/aromatic N) is 2. The maximum atomic E-state index is 12.5. The lowest BCUT2D eigenvalue weighted by molar-refractivity contribution is -0.385. The fraction of sp³-hybridized carbons (Fsp3) is 0.185. The van der Waals surface area contributed by atoms with Gasteiger partial charge < -0.3 is 14.2 Å². The van der Waals surface area contributed by atoms with Crippen LogP contribution in [0.25, 0.3) is 6.08 Å². The molecule has 1 aliphatic heterocycles. The summed E-state index contributed by atoms with van der Waals surface area (Å²) < 4.78 is 18.1. The van der Waals surface area contributed by atoms with Gasteiger partial charge in [0.1, 0.15) is 6.61 Å². The zero-order valence-corrected chi connectivity index (χ0v) is 22.1. The van der Waals surface area contributed by atoms with Crippen LogP contribution in [0.4, 0.5) is 5.69 Å². The normalized spacial score (nSPS) is 13.9. The van der Waals surface area contributed by atoms with Crippen molar-refractivity contribution < 1.29 is 23.9 Å². The number of esters is 1. The van der Waals surface area contributed by atoms with Crippen molar-refractivity contribution in [3.63, 3.8) is 0 Å². The van der Waals surface area contributed by atoms with Crippen LogP contribution in [0.15, 0.2) is 65.3 Å². The van der Waals surface area contributed by atoms with Crippen LogP contribution in [0.5, 0.6) is 11.5 Å². The van der Waals surface area contributed by atoms with Gasteiger partial charge in [0.25, 0.3) is 5.69 Å². The molecule has 0 aliphatic carbocycles. The van der Waals surface area contributed by atoms with Crippen LogP contribution in [-0.2, 0) is 16.1 Å². The Morgan fingerprint density at radius 2 is 1.86 bits per heavy atom. The molecule has 0 saturated heterocycles. The van der Waals surface area contributed by atoms with Gasteiger partial charge in [-0.25, -0.2) is 9.79 Å². The maximum absolute atomic E-state index is 12.5. The average molecular weight is 598 g/mol. The fourth-order valence-corrected chi connectivity index (χ4v) is 4.41. The summed E-state index contributed by atoms with van der Waals surface area (Å²) in [7, 11) is 0. The van der Waals surface area contributed by atoms with Crippen LogP contribution < -0.4 is 9.47 Å². The van der Waals surface area contributed by atoms with E-state index in [-0.39, 0.29) is 17.3 Å². The van der Waals surface area contributed by atoms with E-state index in [0.717, 1.165) is 14.7 Å². The number of nitro groups is 1. The number of hydrogen-bond acceptors (Lipinski definition) is 7. The van der Waals surface area contributed by atoms with Gasteiger partial charge in [-0.15, -0.1) is 0 Å². The van der Waals surface area contributed by atoms with Crippen LogP contribution in [-0.4, -0.2) is 23.4 Å². The minimum absolute atomic E-state index is 0.0206. The third-order valence-electron chi connectivity index (χ3n) is 5.54. The number of halogens is 1. The molecule has 1 heterocycles. The topological polar surface area (TPSA) is 100 Å². The quantitative estimate of drug-likeness (QED) is 0.102. The zero-order chi connectivity index (χ0) is 25.8.